The lowest BCUT2D eigenvalue weighted by Crippen LogP contribution is -2.01. The van der Waals surface area contributed by atoms with Gasteiger partial charge in [0.15, 0.2) is 0 Å². The van der Waals surface area contributed by atoms with E-state index >= 15 is 0 Å². The molecule has 0 saturated heterocycles. The van der Waals surface area contributed by atoms with Crippen molar-refractivity contribution in [3.63, 3.8) is 0 Å². The molecule has 3 heteroatoms. The van der Waals surface area contributed by atoms with Crippen LogP contribution in [0.25, 0.3) is 93.6 Å². The van der Waals surface area contributed by atoms with Crippen LogP contribution in [0.1, 0.15) is 0 Å². The predicted octanol–water partition coefficient (Wildman–Crippen LogP) is 12.6. The van der Waals surface area contributed by atoms with Crippen LogP contribution in [0.2, 0.25) is 0 Å². The highest BCUT2D eigenvalue weighted by molar-refractivity contribution is 6.27. The van der Waals surface area contributed by atoms with E-state index in [9.17, 15) is 0 Å². The smallest absolute Gasteiger partial charge is 0.0810 e. The average Bonchev–Trinajstić information content (AvgIpc) is 3.85. The number of benzene rings is 8. The molecule has 0 saturated carbocycles. The Morgan fingerprint density at radius 3 is 1.29 bits per heavy atom. The molecule has 0 spiro atoms. The normalized spacial score (nSPS) is 11.9. The Kier molecular flexibility index (Phi) is 5.96. The van der Waals surface area contributed by atoms with Crippen molar-refractivity contribution in [2.45, 2.75) is 0 Å². The Morgan fingerprint density at radius 1 is 0.275 bits per heavy atom. The van der Waals surface area contributed by atoms with E-state index < -0.39 is 0 Å². The Labute approximate surface area is 294 Å². The van der Waals surface area contributed by atoms with Gasteiger partial charge in [0.25, 0.3) is 0 Å². The SMILES string of the molecule is c1ccc(-c2ccc(-n3c4ccccc4c4c(-n5c6ccccc6c6ccccc65)cc5c6ccccc6n(-c6ccccc6)c5c43)cc2)cc1. The van der Waals surface area contributed by atoms with Crippen molar-refractivity contribution in [2.24, 2.45) is 0 Å². The summed E-state index contributed by atoms with van der Waals surface area (Å²) < 4.78 is 7.46. The van der Waals surface area contributed by atoms with Crippen LogP contribution in [-0.2, 0) is 0 Å². The predicted molar refractivity (Wildman–Crippen MR) is 215 cm³/mol. The number of hydrogen-bond donors (Lipinski definition) is 0. The topological polar surface area (TPSA) is 14.8 Å². The van der Waals surface area contributed by atoms with Crippen molar-refractivity contribution >= 4 is 65.4 Å². The van der Waals surface area contributed by atoms with Crippen LogP contribution in [0, 0.1) is 0 Å². The minimum absolute atomic E-state index is 1.13. The summed E-state index contributed by atoms with van der Waals surface area (Å²) in [6.45, 7) is 0. The molecule has 0 amide bonds. The van der Waals surface area contributed by atoms with Gasteiger partial charge >= 0.3 is 0 Å². The monoisotopic (exact) mass is 649 g/mol. The maximum Gasteiger partial charge on any atom is 0.0810 e. The van der Waals surface area contributed by atoms with E-state index in [4.69, 9.17) is 0 Å². The van der Waals surface area contributed by atoms with Crippen LogP contribution < -0.4 is 0 Å². The summed E-state index contributed by atoms with van der Waals surface area (Å²) in [6.07, 6.45) is 0. The fourth-order valence-corrected chi connectivity index (χ4v) is 8.48. The van der Waals surface area contributed by atoms with E-state index in [2.05, 4.69) is 202 Å². The second-order valence-corrected chi connectivity index (χ2v) is 13.3. The standard InChI is InChI=1S/C48H31N3/c1-3-15-32(16-4-1)33-27-29-35(30-28-33)50-44-26-14-10-22-39(44)46-45(51-42-24-12-7-19-36(42)37-20-8-13-25-43(37)51)31-40-38-21-9-11-23-41(38)49(47(40)48(46)50)34-17-5-2-6-18-34/h1-31H. The number of fused-ring (bicyclic) bond motifs is 10. The molecule has 0 aliphatic carbocycles. The van der Waals surface area contributed by atoms with Crippen molar-refractivity contribution in [2.75, 3.05) is 0 Å². The van der Waals surface area contributed by atoms with E-state index in [1.54, 1.807) is 0 Å². The van der Waals surface area contributed by atoms with Gasteiger partial charge in [-0.3, -0.25) is 0 Å². The van der Waals surface area contributed by atoms with Crippen LogP contribution in [0.3, 0.4) is 0 Å². The lowest BCUT2D eigenvalue weighted by molar-refractivity contribution is 1.14. The highest BCUT2D eigenvalue weighted by Gasteiger charge is 2.26. The van der Waals surface area contributed by atoms with Gasteiger partial charge in [-0.2, -0.15) is 0 Å². The molecule has 0 bridgehead atoms. The lowest BCUT2D eigenvalue weighted by atomic mass is 10.0. The van der Waals surface area contributed by atoms with Crippen molar-refractivity contribution < 1.29 is 0 Å². The van der Waals surface area contributed by atoms with Gasteiger partial charge in [-0.25, -0.2) is 0 Å². The molecule has 0 unspecified atom stereocenters. The van der Waals surface area contributed by atoms with Crippen molar-refractivity contribution in [3.05, 3.63) is 188 Å². The lowest BCUT2D eigenvalue weighted by Gasteiger charge is -2.16. The van der Waals surface area contributed by atoms with E-state index in [-0.39, 0.29) is 0 Å². The van der Waals surface area contributed by atoms with Crippen LogP contribution in [-0.4, -0.2) is 13.7 Å². The van der Waals surface area contributed by atoms with Gasteiger partial charge < -0.3 is 13.7 Å². The van der Waals surface area contributed by atoms with Gasteiger partial charge in [-0.1, -0.05) is 133 Å². The van der Waals surface area contributed by atoms with E-state index in [1.165, 1.54) is 82.2 Å². The summed E-state index contributed by atoms with van der Waals surface area (Å²) in [5, 5.41) is 7.43. The number of para-hydroxylation sites is 5. The van der Waals surface area contributed by atoms with Crippen LogP contribution >= 0.6 is 0 Å². The fraction of sp³-hybridized carbons (Fsp3) is 0. The van der Waals surface area contributed by atoms with Crippen LogP contribution in [0.15, 0.2) is 188 Å². The largest absolute Gasteiger partial charge is 0.309 e. The molecular weight excluding hydrogens is 619 g/mol. The highest BCUT2D eigenvalue weighted by Crippen LogP contribution is 2.46. The van der Waals surface area contributed by atoms with Crippen LogP contribution in [0.5, 0.6) is 0 Å². The first-order chi connectivity index (χ1) is 25.3. The third-order valence-electron chi connectivity index (χ3n) is 10.6. The number of hydrogen-bond acceptors (Lipinski definition) is 0. The summed E-state index contributed by atoms with van der Waals surface area (Å²) >= 11 is 0. The van der Waals surface area contributed by atoms with E-state index in [1.807, 2.05) is 0 Å². The molecule has 0 aliphatic rings. The molecule has 8 aromatic carbocycles. The van der Waals surface area contributed by atoms with Gasteiger partial charge in [0, 0.05) is 43.7 Å². The zero-order valence-electron chi connectivity index (χ0n) is 27.7. The Morgan fingerprint density at radius 2 is 0.686 bits per heavy atom. The fourth-order valence-electron chi connectivity index (χ4n) is 8.48. The average molecular weight is 650 g/mol. The minimum Gasteiger partial charge on any atom is -0.309 e. The zero-order chi connectivity index (χ0) is 33.5. The van der Waals surface area contributed by atoms with Gasteiger partial charge in [0.05, 0.1) is 38.8 Å². The molecule has 0 N–H and O–H groups in total. The van der Waals surface area contributed by atoms with Crippen molar-refractivity contribution in [3.8, 4) is 28.2 Å². The Bertz CT molecular complexity index is 3050. The molecule has 0 radical (unpaired) electrons. The maximum atomic E-state index is 2.50. The molecule has 238 valence electrons. The summed E-state index contributed by atoms with van der Waals surface area (Å²) in [7, 11) is 0. The molecule has 0 aliphatic heterocycles. The molecule has 11 rings (SSSR count). The second kappa shape index (κ2) is 10.8. The van der Waals surface area contributed by atoms with Gasteiger partial charge in [0.1, 0.15) is 0 Å². The first kappa shape index (κ1) is 28.0. The van der Waals surface area contributed by atoms with Crippen molar-refractivity contribution in [1.29, 1.82) is 0 Å². The number of rotatable bonds is 4. The van der Waals surface area contributed by atoms with Gasteiger partial charge in [-0.05, 0) is 65.7 Å². The molecule has 0 atom stereocenters. The second-order valence-electron chi connectivity index (χ2n) is 13.3. The molecule has 0 fully saturated rings. The molecule has 11 aromatic rings. The Hall–Kier alpha value is -6.84. The van der Waals surface area contributed by atoms with Gasteiger partial charge in [0.2, 0.25) is 0 Å². The summed E-state index contributed by atoms with van der Waals surface area (Å²) in [5.41, 5.74) is 13.0. The summed E-state index contributed by atoms with van der Waals surface area (Å²) in [5.74, 6) is 0. The molecule has 3 nitrogen and oxygen atoms in total. The zero-order valence-corrected chi connectivity index (χ0v) is 27.7. The Balaban J connectivity index is 1.38. The maximum absolute atomic E-state index is 2.50. The summed E-state index contributed by atoms with van der Waals surface area (Å²) in [4.78, 5) is 0. The third-order valence-corrected chi connectivity index (χ3v) is 10.6. The summed E-state index contributed by atoms with van der Waals surface area (Å²) in [6, 6.07) is 68.4. The van der Waals surface area contributed by atoms with Gasteiger partial charge in [-0.15, -0.1) is 0 Å². The first-order valence-electron chi connectivity index (χ1n) is 17.5. The third kappa shape index (κ3) is 4.00. The quantitative estimate of drug-likeness (QED) is 0.180. The van der Waals surface area contributed by atoms with E-state index in [0.717, 1.165) is 11.4 Å². The molecule has 51 heavy (non-hydrogen) atoms. The molecular formula is C48H31N3. The first-order valence-corrected chi connectivity index (χ1v) is 17.5. The van der Waals surface area contributed by atoms with Crippen molar-refractivity contribution in [1.82, 2.24) is 13.7 Å². The van der Waals surface area contributed by atoms with E-state index in [0.29, 0.717) is 0 Å². The number of nitrogens with zero attached hydrogens (tertiary/aromatic N) is 3. The highest BCUT2D eigenvalue weighted by atomic mass is 15.1. The molecule has 3 aromatic heterocycles. The van der Waals surface area contributed by atoms with Crippen LogP contribution in [0.4, 0.5) is 0 Å². The minimum atomic E-state index is 1.13. The molecule has 3 heterocycles. The number of aromatic nitrogens is 3.